The number of aliphatic imine (C=N–C) groups is 1. The number of nitro groups is 1. The lowest BCUT2D eigenvalue weighted by Crippen LogP contribution is -2.26. The van der Waals surface area contributed by atoms with Crippen molar-refractivity contribution in [1.29, 1.82) is 0 Å². The Labute approximate surface area is 182 Å². The van der Waals surface area contributed by atoms with E-state index in [0.29, 0.717) is 0 Å². The van der Waals surface area contributed by atoms with E-state index in [-0.39, 0.29) is 16.7 Å². The zero-order valence-corrected chi connectivity index (χ0v) is 17.7. The molecule has 0 N–H and O–H groups in total. The number of hydrogen-bond donors (Lipinski definition) is 0. The highest BCUT2D eigenvalue weighted by atomic mass is 16.6. The molecule has 0 saturated heterocycles. The summed E-state index contributed by atoms with van der Waals surface area (Å²) in [5, 5.41) is 10.9. The van der Waals surface area contributed by atoms with E-state index < -0.39 is 0 Å². The molecule has 1 unspecified atom stereocenters. The van der Waals surface area contributed by atoms with E-state index in [1.165, 1.54) is 11.1 Å². The molecule has 1 aliphatic rings. The van der Waals surface area contributed by atoms with E-state index >= 15 is 0 Å². The maximum atomic E-state index is 10.9. The molecule has 0 saturated carbocycles. The predicted octanol–water partition coefficient (Wildman–Crippen LogP) is 5.17. The minimum Gasteiger partial charge on any atom is -0.497 e. The largest absolute Gasteiger partial charge is 0.497 e. The SMILES string of the molecule is COc1ccc(C2N=C(CCc3ccc([N+](=O)[O-])cc3)N(C)Cc3ccccc32)cc1. The number of non-ortho nitro benzene ring substituents is 1. The summed E-state index contributed by atoms with van der Waals surface area (Å²) in [6.45, 7) is 0.794. The van der Waals surface area contributed by atoms with Crippen molar-refractivity contribution in [3.8, 4) is 5.75 Å². The average Bonchev–Trinajstić information content (AvgIpc) is 2.94. The summed E-state index contributed by atoms with van der Waals surface area (Å²) in [6.07, 6.45) is 1.53. The minimum atomic E-state index is -0.371. The van der Waals surface area contributed by atoms with E-state index in [9.17, 15) is 10.1 Å². The molecule has 0 fully saturated rings. The summed E-state index contributed by atoms with van der Waals surface area (Å²) in [7, 11) is 3.74. The zero-order valence-electron chi connectivity index (χ0n) is 17.7. The number of methoxy groups -OCH3 is 1. The second-order valence-corrected chi connectivity index (χ2v) is 7.70. The molecule has 3 aromatic carbocycles. The van der Waals surface area contributed by atoms with Crippen LogP contribution in [0.15, 0.2) is 77.8 Å². The summed E-state index contributed by atoms with van der Waals surface area (Å²) >= 11 is 0. The van der Waals surface area contributed by atoms with Gasteiger partial charge in [-0.05, 0) is 40.8 Å². The van der Waals surface area contributed by atoms with Crippen molar-refractivity contribution in [3.63, 3.8) is 0 Å². The van der Waals surface area contributed by atoms with Gasteiger partial charge < -0.3 is 9.64 Å². The molecular formula is C25H25N3O3. The number of amidine groups is 1. The van der Waals surface area contributed by atoms with Crippen LogP contribution in [-0.2, 0) is 13.0 Å². The average molecular weight is 415 g/mol. The molecule has 0 radical (unpaired) electrons. The van der Waals surface area contributed by atoms with Crippen LogP contribution in [0, 0.1) is 10.1 Å². The Bertz CT molecular complexity index is 1090. The van der Waals surface area contributed by atoms with Crippen LogP contribution in [-0.4, -0.2) is 29.8 Å². The van der Waals surface area contributed by atoms with Crippen molar-refractivity contribution in [3.05, 3.63) is 105 Å². The van der Waals surface area contributed by atoms with E-state index in [1.807, 2.05) is 24.3 Å². The summed E-state index contributed by atoms with van der Waals surface area (Å²) in [5.41, 5.74) is 4.77. The Balaban J connectivity index is 1.63. The lowest BCUT2D eigenvalue weighted by atomic mass is 9.95. The number of aryl methyl sites for hydroxylation is 1. The second kappa shape index (κ2) is 9.00. The lowest BCUT2D eigenvalue weighted by Gasteiger charge is -2.20. The highest BCUT2D eigenvalue weighted by Gasteiger charge is 2.23. The molecular weight excluding hydrogens is 390 g/mol. The maximum Gasteiger partial charge on any atom is 0.269 e. The number of ether oxygens (including phenoxy) is 1. The molecule has 4 rings (SSSR count). The molecule has 1 aliphatic heterocycles. The fraction of sp³-hybridized carbons (Fsp3) is 0.240. The van der Waals surface area contributed by atoms with E-state index in [0.717, 1.165) is 42.1 Å². The van der Waals surface area contributed by atoms with Gasteiger partial charge in [-0.3, -0.25) is 15.1 Å². The summed E-state index contributed by atoms with van der Waals surface area (Å²) < 4.78 is 5.31. The number of benzene rings is 3. The lowest BCUT2D eigenvalue weighted by molar-refractivity contribution is -0.384. The van der Waals surface area contributed by atoms with Gasteiger partial charge in [-0.25, -0.2) is 0 Å². The molecule has 0 spiro atoms. The van der Waals surface area contributed by atoms with Crippen LogP contribution >= 0.6 is 0 Å². The molecule has 1 heterocycles. The third kappa shape index (κ3) is 4.58. The first-order valence-electron chi connectivity index (χ1n) is 10.3. The molecule has 0 bridgehead atoms. The number of fused-ring (bicyclic) bond motifs is 1. The van der Waals surface area contributed by atoms with Crippen LogP contribution in [0.4, 0.5) is 5.69 Å². The van der Waals surface area contributed by atoms with Crippen LogP contribution in [0.25, 0.3) is 0 Å². The van der Waals surface area contributed by atoms with Crippen LogP contribution in [0.5, 0.6) is 5.75 Å². The summed E-state index contributed by atoms with van der Waals surface area (Å²) in [6, 6.07) is 23.2. The standard InChI is InChI=1S/C25H25N3O3/c1-27-17-20-5-3-4-6-23(20)25(19-10-14-22(31-2)15-11-19)26-24(27)16-9-18-7-12-21(13-8-18)28(29)30/h3-8,10-15,25H,9,16-17H2,1-2H3. The monoisotopic (exact) mass is 415 g/mol. The maximum absolute atomic E-state index is 10.9. The van der Waals surface area contributed by atoms with Gasteiger partial charge in [-0.1, -0.05) is 48.5 Å². The molecule has 0 aliphatic carbocycles. The minimum absolute atomic E-state index is 0.0843. The number of hydrogen-bond acceptors (Lipinski definition) is 5. The first-order chi connectivity index (χ1) is 15.0. The predicted molar refractivity (Wildman–Crippen MR) is 122 cm³/mol. The van der Waals surface area contributed by atoms with Gasteiger partial charge in [0.05, 0.1) is 12.0 Å². The Morgan fingerprint density at radius 3 is 2.42 bits per heavy atom. The van der Waals surface area contributed by atoms with Crippen LogP contribution in [0.2, 0.25) is 0 Å². The first kappa shape index (κ1) is 20.6. The molecule has 6 heteroatoms. The number of nitrogens with zero attached hydrogens (tertiary/aromatic N) is 3. The van der Waals surface area contributed by atoms with Gasteiger partial charge >= 0.3 is 0 Å². The topological polar surface area (TPSA) is 68.0 Å². The van der Waals surface area contributed by atoms with Crippen LogP contribution in [0.3, 0.4) is 0 Å². The van der Waals surface area contributed by atoms with Crippen molar-refractivity contribution in [2.45, 2.75) is 25.4 Å². The third-order valence-electron chi connectivity index (χ3n) is 5.69. The third-order valence-corrected chi connectivity index (χ3v) is 5.69. The zero-order chi connectivity index (χ0) is 21.8. The molecule has 1 atom stereocenters. The fourth-order valence-electron chi connectivity index (χ4n) is 3.95. The van der Waals surface area contributed by atoms with Crippen LogP contribution in [0.1, 0.15) is 34.7 Å². The summed E-state index contributed by atoms with van der Waals surface area (Å²) in [5.74, 6) is 1.85. The van der Waals surface area contributed by atoms with Gasteiger partial charge in [0.2, 0.25) is 0 Å². The molecule has 3 aromatic rings. The van der Waals surface area contributed by atoms with Gasteiger partial charge in [0, 0.05) is 32.1 Å². The highest BCUT2D eigenvalue weighted by Crippen LogP contribution is 2.33. The molecule has 0 aromatic heterocycles. The van der Waals surface area contributed by atoms with Crippen molar-refractivity contribution >= 4 is 11.5 Å². The summed E-state index contributed by atoms with van der Waals surface area (Å²) in [4.78, 5) is 17.9. The van der Waals surface area contributed by atoms with Gasteiger partial charge in [-0.15, -0.1) is 0 Å². The van der Waals surface area contributed by atoms with Crippen molar-refractivity contribution in [2.24, 2.45) is 4.99 Å². The highest BCUT2D eigenvalue weighted by molar-refractivity contribution is 5.83. The smallest absolute Gasteiger partial charge is 0.269 e. The number of rotatable bonds is 6. The van der Waals surface area contributed by atoms with Gasteiger partial charge in [0.15, 0.2) is 0 Å². The Morgan fingerprint density at radius 2 is 1.74 bits per heavy atom. The second-order valence-electron chi connectivity index (χ2n) is 7.70. The Kier molecular flexibility index (Phi) is 5.98. The quantitative estimate of drug-likeness (QED) is 0.411. The van der Waals surface area contributed by atoms with Gasteiger partial charge in [0.1, 0.15) is 17.6 Å². The van der Waals surface area contributed by atoms with Crippen LogP contribution < -0.4 is 4.74 Å². The first-order valence-corrected chi connectivity index (χ1v) is 10.3. The molecule has 31 heavy (non-hydrogen) atoms. The van der Waals surface area contributed by atoms with Gasteiger partial charge in [-0.2, -0.15) is 0 Å². The van der Waals surface area contributed by atoms with E-state index in [4.69, 9.17) is 9.73 Å². The van der Waals surface area contributed by atoms with Gasteiger partial charge in [0.25, 0.3) is 5.69 Å². The van der Waals surface area contributed by atoms with Crippen molar-refractivity contribution < 1.29 is 9.66 Å². The van der Waals surface area contributed by atoms with E-state index in [1.54, 1.807) is 19.2 Å². The number of nitro benzene ring substituents is 1. The molecule has 6 nitrogen and oxygen atoms in total. The Hall–Kier alpha value is -3.67. The van der Waals surface area contributed by atoms with E-state index in [2.05, 4.69) is 48.3 Å². The molecule has 158 valence electrons. The normalized spacial score (nSPS) is 15.6. The van der Waals surface area contributed by atoms with Crippen molar-refractivity contribution in [1.82, 2.24) is 4.90 Å². The van der Waals surface area contributed by atoms with Crippen molar-refractivity contribution in [2.75, 3.05) is 14.2 Å². The fourth-order valence-corrected chi connectivity index (χ4v) is 3.95. The molecule has 0 amide bonds. The Morgan fingerprint density at radius 1 is 1.03 bits per heavy atom.